The number of aliphatic imine (C=N–C) groups is 1. The van der Waals surface area contributed by atoms with Crippen molar-refractivity contribution in [2.75, 3.05) is 0 Å². The van der Waals surface area contributed by atoms with E-state index >= 15 is 0 Å². The molecule has 3 rings (SSSR count). The maximum Gasteiger partial charge on any atom is 0.242 e. The number of imidazole rings is 1. The third-order valence-corrected chi connectivity index (χ3v) is 4.13. The van der Waals surface area contributed by atoms with Gasteiger partial charge >= 0.3 is 0 Å². The standard InChI is InChI=1S/C18H21N3OSi/c1-13(18-20-14-9-5-6-10-15(14)21-18)19-16-11-7-8-12-17(16)22-23(2,3)4/h5-12H,1-4H3,(H,20,21). The monoisotopic (exact) mass is 323 g/mol. The van der Waals surface area contributed by atoms with Crippen molar-refractivity contribution in [1.82, 2.24) is 9.97 Å². The van der Waals surface area contributed by atoms with Crippen molar-refractivity contribution in [1.29, 1.82) is 0 Å². The van der Waals surface area contributed by atoms with E-state index in [1.165, 1.54) is 0 Å². The molecule has 5 heteroatoms. The fraction of sp³-hybridized carbons (Fsp3) is 0.222. The summed E-state index contributed by atoms with van der Waals surface area (Å²) in [6, 6.07) is 15.9. The summed E-state index contributed by atoms with van der Waals surface area (Å²) in [5.41, 5.74) is 3.65. The summed E-state index contributed by atoms with van der Waals surface area (Å²) >= 11 is 0. The lowest BCUT2D eigenvalue weighted by Crippen LogP contribution is -2.29. The lowest BCUT2D eigenvalue weighted by atomic mass is 10.3. The molecular weight excluding hydrogens is 302 g/mol. The van der Waals surface area contributed by atoms with Gasteiger partial charge < -0.3 is 9.41 Å². The van der Waals surface area contributed by atoms with Crippen molar-refractivity contribution in [3.63, 3.8) is 0 Å². The first-order valence-corrected chi connectivity index (χ1v) is 11.1. The first-order chi connectivity index (χ1) is 10.9. The molecular formula is C18H21N3OSi. The van der Waals surface area contributed by atoms with Crippen molar-refractivity contribution < 1.29 is 4.43 Å². The molecule has 0 saturated carbocycles. The van der Waals surface area contributed by atoms with E-state index in [2.05, 4.69) is 29.6 Å². The molecule has 23 heavy (non-hydrogen) atoms. The number of aromatic amines is 1. The van der Waals surface area contributed by atoms with Crippen LogP contribution in [0.5, 0.6) is 5.75 Å². The molecule has 0 aliphatic rings. The van der Waals surface area contributed by atoms with Gasteiger partial charge in [0.25, 0.3) is 0 Å². The molecule has 3 aromatic rings. The fourth-order valence-electron chi connectivity index (χ4n) is 2.32. The highest BCUT2D eigenvalue weighted by molar-refractivity contribution is 6.70. The van der Waals surface area contributed by atoms with Crippen LogP contribution in [0.4, 0.5) is 5.69 Å². The average Bonchev–Trinajstić information content (AvgIpc) is 2.92. The molecule has 0 fully saturated rings. The van der Waals surface area contributed by atoms with Gasteiger partial charge in [0.15, 0.2) is 5.82 Å². The SMILES string of the molecule is CC(=Nc1ccccc1O[Si](C)(C)C)c1nc2ccccc2[nH]1. The molecule has 0 saturated heterocycles. The van der Waals surface area contributed by atoms with Gasteiger partial charge in [0.1, 0.15) is 11.4 Å². The lowest BCUT2D eigenvalue weighted by molar-refractivity contribution is 0.559. The molecule has 0 unspecified atom stereocenters. The molecule has 0 atom stereocenters. The number of hydrogen-bond donors (Lipinski definition) is 1. The minimum absolute atomic E-state index is 0.786. The predicted molar refractivity (Wildman–Crippen MR) is 98.4 cm³/mol. The van der Waals surface area contributed by atoms with Crippen molar-refractivity contribution in [2.24, 2.45) is 4.99 Å². The second-order valence-electron chi connectivity index (χ2n) is 6.48. The quantitative estimate of drug-likeness (QED) is 0.547. The second-order valence-corrected chi connectivity index (χ2v) is 10.9. The van der Waals surface area contributed by atoms with Crippen LogP contribution in [0.15, 0.2) is 53.5 Å². The number of rotatable bonds is 4. The fourth-order valence-corrected chi connectivity index (χ4v) is 3.16. The van der Waals surface area contributed by atoms with Crippen molar-refractivity contribution in [3.8, 4) is 5.75 Å². The molecule has 118 valence electrons. The van der Waals surface area contributed by atoms with Crippen LogP contribution in [-0.2, 0) is 0 Å². The van der Waals surface area contributed by atoms with Gasteiger partial charge in [-0.2, -0.15) is 0 Å². The molecule has 4 nitrogen and oxygen atoms in total. The molecule has 2 aromatic carbocycles. The number of aromatic nitrogens is 2. The van der Waals surface area contributed by atoms with Crippen molar-refractivity contribution in [3.05, 3.63) is 54.4 Å². The minimum atomic E-state index is -1.68. The number of nitrogens with one attached hydrogen (secondary N) is 1. The Hall–Kier alpha value is -2.40. The Morgan fingerprint density at radius 3 is 2.48 bits per heavy atom. The number of H-pyrrole nitrogens is 1. The van der Waals surface area contributed by atoms with E-state index in [0.29, 0.717) is 0 Å². The van der Waals surface area contributed by atoms with E-state index in [-0.39, 0.29) is 0 Å². The predicted octanol–water partition coefficient (Wildman–Crippen LogP) is 4.92. The van der Waals surface area contributed by atoms with E-state index in [0.717, 1.165) is 34.0 Å². The number of para-hydroxylation sites is 4. The summed E-state index contributed by atoms with van der Waals surface area (Å²) < 4.78 is 6.13. The third kappa shape index (κ3) is 3.68. The van der Waals surface area contributed by atoms with Gasteiger partial charge in [0, 0.05) is 0 Å². The summed E-state index contributed by atoms with van der Waals surface area (Å²) in [7, 11) is -1.68. The molecule has 1 N–H and O–H groups in total. The second kappa shape index (κ2) is 6.00. The summed E-state index contributed by atoms with van der Waals surface area (Å²) in [5.74, 6) is 1.62. The Labute approximate surface area is 137 Å². The first kappa shape index (κ1) is 15.5. The Morgan fingerprint density at radius 2 is 1.74 bits per heavy atom. The van der Waals surface area contributed by atoms with E-state index in [1.54, 1.807) is 0 Å². The highest BCUT2D eigenvalue weighted by Gasteiger charge is 2.18. The van der Waals surface area contributed by atoms with Crippen LogP contribution in [0, 0.1) is 0 Å². The highest BCUT2D eigenvalue weighted by atomic mass is 28.4. The van der Waals surface area contributed by atoms with Crippen molar-refractivity contribution in [2.45, 2.75) is 26.6 Å². The van der Waals surface area contributed by atoms with Gasteiger partial charge in [-0.3, -0.25) is 0 Å². The van der Waals surface area contributed by atoms with Crippen LogP contribution in [0.2, 0.25) is 19.6 Å². The normalized spacial score (nSPS) is 12.6. The van der Waals surface area contributed by atoms with Gasteiger partial charge in [0.2, 0.25) is 8.32 Å². The van der Waals surface area contributed by atoms with Crippen LogP contribution in [0.1, 0.15) is 12.7 Å². The van der Waals surface area contributed by atoms with Crippen LogP contribution in [0.25, 0.3) is 11.0 Å². The molecule has 0 aliphatic heterocycles. The van der Waals surface area contributed by atoms with E-state index < -0.39 is 8.32 Å². The van der Waals surface area contributed by atoms with Crippen molar-refractivity contribution >= 4 is 30.7 Å². The number of benzene rings is 2. The van der Waals surface area contributed by atoms with E-state index in [4.69, 9.17) is 9.42 Å². The zero-order valence-corrected chi connectivity index (χ0v) is 14.9. The highest BCUT2D eigenvalue weighted by Crippen LogP contribution is 2.30. The summed E-state index contributed by atoms with van der Waals surface area (Å²) in [5, 5.41) is 0. The molecule has 0 aliphatic carbocycles. The molecule has 1 aromatic heterocycles. The molecule has 0 spiro atoms. The molecule has 0 amide bonds. The largest absolute Gasteiger partial charge is 0.543 e. The smallest absolute Gasteiger partial charge is 0.242 e. The van der Waals surface area contributed by atoms with Gasteiger partial charge in [0.05, 0.1) is 16.7 Å². The van der Waals surface area contributed by atoms with Crippen LogP contribution in [-0.4, -0.2) is 24.0 Å². The third-order valence-electron chi connectivity index (χ3n) is 3.30. The lowest BCUT2D eigenvalue weighted by Gasteiger charge is -2.20. The maximum atomic E-state index is 6.13. The zero-order chi connectivity index (χ0) is 16.4. The summed E-state index contributed by atoms with van der Waals surface area (Å²) in [4.78, 5) is 12.6. The zero-order valence-electron chi connectivity index (χ0n) is 13.9. The topological polar surface area (TPSA) is 50.3 Å². The Kier molecular flexibility index (Phi) is 4.04. The summed E-state index contributed by atoms with van der Waals surface area (Å²) in [6.07, 6.45) is 0. The number of hydrogen-bond acceptors (Lipinski definition) is 3. The van der Waals surface area contributed by atoms with E-state index in [1.807, 2.05) is 55.5 Å². The van der Waals surface area contributed by atoms with Gasteiger partial charge in [-0.1, -0.05) is 24.3 Å². The maximum absolute atomic E-state index is 6.13. The Bertz CT molecular complexity index is 829. The Morgan fingerprint density at radius 1 is 1.04 bits per heavy atom. The first-order valence-electron chi connectivity index (χ1n) is 7.71. The van der Waals surface area contributed by atoms with Crippen LogP contribution < -0.4 is 4.43 Å². The number of nitrogens with zero attached hydrogens (tertiary/aromatic N) is 2. The van der Waals surface area contributed by atoms with Crippen LogP contribution >= 0.6 is 0 Å². The van der Waals surface area contributed by atoms with Crippen LogP contribution in [0.3, 0.4) is 0 Å². The van der Waals surface area contributed by atoms with E-state index in [9.17, 15) is 0 Å². The molecule has 0 radical (unpaired) electrons. The summed E-state index contributed by atoms with van der Waals surface area (Å²) in [6.45, 7) is 8.46. The minimum Gasteiger partial charge on any atom is -0.543 e. The average molecular weight is 323 g/mol. The molecule has 0 bridgehead atoms. The number of fused-ring (bicyclic) bond motifs is 1. The molecule has 1 heterocycles. The van der Waals surface area contributed by atoms with Gasteiger partial charge in [-0.15, -0.1) is 0 Å². The Balaban J connectivity index is 1.97. The van der Waals surface area contributed by atoms with Gasteiger partial charge in [-0.25, -0.2) is 9.98 Å². The van der Waals surface area contributed by atoms with Gasteiger partial charge in [-0.05, 0) is 50.8 Å².